The summed E-state index contributed by atoms with van der Waals surface area (Å²) >= 11 is 0. The van der Waals surface area contributed by atoms with Gasteiger partial charge in [0.2, 0.25) is 0 Å². The monoisotopic (exact) mass is 180 g/mol. The Morgan fingerprint density at radius 1 is 1.64 bits per heavy atom. The lowest BCUT2D eigenvalue weighted by atomic mass is 10.5. The molecule has 0 spiro atoms. The Hall–Kier alpha value is -0.420. The molecule has 4 nitrogen and oxygen atoms in total. The van der Waals surface area contributed by atoms with Crippen molar-refractivity contribution < 1.29 is 18.8 Å². The number of hydrogen-bond donors (Lipinski definition) is 1. The van der Waals surface area contributed by atoms with Crippen LogP contribution in [-0.4, -0.2) is 40.5 Å². The Balaban J connectivity index is 3.30. The molecule has 0 saturated carbocycles. The lowest BCUT2D eigenvalue weighted by Crippen LogP contribution is -2.12. The van der Waals surface area contributed by atoms with Gasteiger partial charge in [0.1, 0.15) is 5.75 Å². The van der Waals surface area contributed by atoms with Crippen molar-refractivity contribution in [2.45, 2.75) is 6.42 Å². The van der Waals surface area contributed by atoms with Crippen LogP contribution in [0.5, 0.6) is 0 Å². The zero-order valence-electron chi connectivity index (χ0n) is 6.41. The van der Waals surface area contributed by atoms with Crippen LogP contribution in [0.2, 0.25) is 0 Å². The highest BCUT2D eigenvalue weighted by Crippen LogP contribution is 1.88. The van der Waals surface area contributed by atoms with E-state index in [1.54, 1.807) is 7.11 Å². The van der Waals surface area contributed by atoms with E-state index in [-0.39, 0.29) is 5.75 Å². The molecule has 0 rings (SSSR count). The first-order valence-corrected chi connectivity index (χ1v) is 4.71. The summed E-state index contributed by atoms with van der Waals surface area (Å²) in [7, 11) is 0.325. The summed E-state index contributed by atoms with van der Waals surface area (Å²) < 4.78 is 15.5. The molecule has 0 fully saturated rings. The average Bonchev–Trinajstić information content (AvgIpc) is 1.86. The van der Waals surface area contributed by atoms with Gasteiger partial charge < -0.3 is 9.84 Å². The molecular weight excluding hydrogens is 168 g/mol. The maximum absolute atomic E-state index is 10.8. The third-order valence-corrected chi connectivity index (χ3v) is 2.32. The minimum absolute atomic E-state index is 0.260. The van der Waals surface area contributed by atoms with Crippen molar-refractivity contribution in [3.05, 3.63) is 0 Å². The first-order chi connectivity index (χ1) is 5.16. The normalized spacial score (nSPS) is 12.8. The van der Waals surface area contributed by atoms with Crippen LogP contribution in [0.25, 0.3) is 0 Å². The SMILES string of the molecule is COCCCS(=O)CC(=O)O. The van der Waals surface area contributed by atoms with Gasteiger partial charge in [-0.1, -0.05) is 0 Å². The molecule has 1 N–H and O–H groups in total. The number of carbonyl (C=O) groups is 1. The molecule has 0 heterocycles. The van der Waals surface area contributed by atoms with Gasteiger partial charge in [0.15, 0.2) is 0 Å². The molecule has 66 valence electrons. The standard InChI is InChI=1S/C6H12O4S/c1-10-3-2-4-11(9)5-6(7)8/h2-5H2,1H3,(H,7,8). The fourth-order valence-electron chi connectivity index (χ4n) is 0.574. The molecule has 0 aliphatic carbocycles. The summed E-state index contributed by atoms with van der Waals surface area (Å²) in [6, 6.07) is 0. The van der Waals surface area contributed by atoms with Crippen molar-refractivity contribution in [1.82, 2.24) is 0 Å². The van der Waals surface area contributed by atoms with Crippen LogP contribution in [0.3, 0.4) is 0 Å². The van der Waals surface area contributed by atoms with E-state index in [1.165, 1.54) is 0 Å². The van der Waals surface area contributed by atoms with Crippen molar-refractivity contribution in [1.29, 1.82) is 0 Å². The van der Waals surface area contributed by atoms with Gasteiger partial charge in [-0.3, -0.25) is 9.00 Å². The summed E-state index contributed by atoms with van der Waals surface area (Å²) in [5.74, 6) is -0.870. The molecule has 1 atom stereocenters. The molecule has 0 amide bonds. The molecule has 0 bridgehead atoms. The highest BCUT2D eigenvalue weighted by molar-refractivity contribution is 7.85. The van der Waals surface area contributed by atoms with Crippen molar-refractivity contribution in [2.24, 2.45) is 0 Å². The summed E-state index contributed by atoms with van der Waals surface area (Å²) in [6.45, 7) is 0.533. The molecule has 0 radical (unpaired) electrons. The van der Waals surface area contributed by atoms with Gasteiger partial charge in [-0.15, -0.1) is 0 Å². The van der Waals surface area contributed by atoms with E-state index in [9.17, 15) is 9.00 Å². The van der Waals surface area contributed by atoms with E-state index >= 15 is 0 Å². The summed E-state index contributed by atoms with van der Waals surface area (Å²) in [6.07, 6.45) is 0.649. The average molecular weight is 180 g/mol. The zero-order valence-corrected chi connectivity index (χ0v) is 7.23. The Labute approximate surface area is 68.0 Å². The highest BCUT2D eigenvalue weighted by Gasteiger charge is 2.04. The van der Waals surface area contributed by atoms with Gasteiger partial charge in [0.25, 0.3) is 0 Å². The van der Waals surface area contributed by atoms with Crippen LogP contribution in [0.15, 0.2) is 0 Å². The second-order valence-electron chi connectivity index (χ2n) is 2.03. The van der Waals surface area contributed by atoms with E-state index in [4.69, 9.17) is 9.84 Å². The predicted octanol–water partition coefficient (Wildman–Crippen LogP) is -0.144. The van der Waals surface area contributed by atoms with Crippen LogP contribution < -0.4 is 0 Å². The topological polar surface area (TPSA) is 63.6 Å². The van der Waals surface area contributed by atoms with Crippen LogP contribution in [0.1, 0.15) is 6.42 Å². The molecule has 0 aliphatic rings. The molecule has 0 aromatic rings. The van der Waals surface area contributed by atoms with Gasteiger partial charge >= 0.3 is 5.97 Å². The van der Waals surface area contributed by atoms with E-state index in [1.807, 2.05) is 0 Å². The molecule has 5 heteroatoms. The number of carboxylic acid groups (broad SMARTS) is 1. The molecule has 0 aliphatic heterocycles. The third-order valence-electron chi connectivity index (χ3n) is 1.00. The quantitative estimate of drug-likeness (QED) is 0.578. The van der Waals surface area contributed by atoms with E-state index in [0.717, 1.165) is 0 Å². The lowest BCUT2D eigenvalue weighted by molar-refractivity contribution is -0.133. The maximum atomic E-state index is 10.8. The van der Waals surface area contributed by atoms with Crippen molar-refractivity contribution in [3.63, 3.8) is 0 Å². The van der Waals surface area contributed by atoms with Crippen molar-refractivity contribution >= 4 is 16.8 Å². The van der Waals surface area contributed by atoms with E-state index in [0.29, 0.717) is 18.8 Å². The smallest absolute Gasteiger partial charge is 0.316 e. The van der Waals surface area contributed by atoms with Gasteiger partial charge in [-0.25, -0.2) is 0 Å². The minimum atomic E-state index is -1.23. The number of carboxylic acids is 1. The Morgan fingerprint density at radius 3 is 2.73 bits per heavy atom. The Bertz CT molecular complexity index is 146. The van der Waals surface area contributed by atoms with E-state index in [2.05, 4.69) is 0 Å². The number of rotatable bonds is 6. The number of ether oxygens (including phenoxy) is 1. The second kappa shape index (κ2) is 6.30. The molecule has 0 saturated heterocycles. The molecule has 0 aromatic carbocycles. The van der Waals surface area contributed by atoms with E-state index < -0.39 is 16.8 Å². The third kappa shape index (κ3) is 7.48. The van der Waals surface area contributed by atoms with Crippen LogP contribution in [0.4, 0.5) is 0 Å². The first kappa shape index (κ1) is 10.6. The summed E-state index contributed by atoms with van der Waals surface area (Å²) in [4.78, 5) is 10.0. The number of aliphatic carboxylic acids is 1. The second-order valence-corrected chi connectivity index (χ2v) is 3.60. The highest BCUT2D eigenvalue weighted by atomic mass is 32.2. The van der Waals surface area contributed by atoms with Gasteiger partial charge in [0.05, 0.1) is 0 Å². The predicted molar refractivity (Wildman–Crippen MR) is 42.0 cm³/mol. The van der Waals surface area contributed by atoms with Crippen molar-refractivity contribution in [3.8, 4) is 0 Å². The van der Waals surface area contributed by atoms with Crippen LogP contribution in [-0.2, 0) is 20.3 Å². The Kier molecular flexibility index (Phi) is 6.06. The molecule has 0 aromatic heterocycles. The zero-order chi connectivity index (χ0) is 8.69. The summed E-state index contributed by atoms with van der Waals surface area (Å²) in [5.41, 5.74) is 0. The largest absolute Gasteiger partial charge is 0.481 e. The molecule has 11 heavy (non-hydrogen) atoms. The van der Waals surface area contributed by atoms with Crippen molar-refractivity contribution in [2.75, 3.05) is 25.2 Å². The summed E-state index contributed by atoms with van der Waals surface area (Å²) in [5, 5.41) is 8.22. The van der Waals surface area contributed by atoms with Gasteiger partial charge in [-0.05, 0) is 6.42 Å². The Morgan fingerprint density at radius 2 is 2.27 bits per heavy atom. The van der Waals surface area contributed by atoms with Gasteiger partial charge in [0, 0.05) is 30.3 Å². The molecule has 1 unspecified atom stereocenters. The van der Waals surface area contributed by atoms with Crippen LogP contribution in [0, 0.1) is 0 Å². The van der Waals surface area contributed by atoms with Crippen LogP contribution >= 0.6 is 0 Å². The number of hydrogen-bond acceptors (Lipinski definition) is 3. The lowest BCUT2D eigenvalue weighted by Gasteiger charge is -1.97. The maximum Gasteiger partial charge on any atom is 0.316 e. The number of methoxy groups -OCH3 is 1. The fraction of sp³-hybridized carbons (Fsp3) is 0.833. The first-order valence-electron chi connectivity index (χ1n) is 3.22. The minimum Gasteiger partial charge on any atom is -0.481 e. The van der Waals surface area contributed by atoms with Gasteiger partial charge in [-0.2, -0.15) is 0 Å². The fourth-order valence-corrected chi connectivity index (χ4v) is 1.43. The molecular formula is C6H12O4S.